The summed E-state index contributed by atoms with van der Waals surface area (Å²) < 4.78 is 0. The largest absolute Gasteiger partial charge is 0.390 e. The number of aliphatic hydroxyl groups excluding tert-OH is 2. The molecule has 1 aromatic rings. The van der Waals surface area contributed by atoms with Crippen molar-refractivity contribution in [1.29, 1.82) is 0 Å². The summed E-state index contributed by atoms with van der Waals surface area (Å²) in [5.74, 6) is 0.529. The first-order valence-electron chi connectivity index (χ1n) is 5.18. The van der Waals surface area contributed by atoms with Gasteiger partial charge in [0.25, 0.3) is 0 Å². The second-order valence-corrected chi connectivity index (χ2v) is 4.20. The second kappa shape index (κ2) is 3.79. The lowest BCUT2D eigenvalue weighted by atomic mass is 9.98. The molecule has 0 aliphatic heterocycles. The first-order chi connectivity index (χ1) is 7.11. The molecule has 0 spiro atoms. The molecule has 0 radical (unpaired) electrons. The van der Waals surface area contributed by atoms with Crippen molar-refractivity contribution >= 4 is 5.82 Å². The summed E-state index contributed by atoms with van der Waals surface area (Å²) >= 11 is 0. The van der Waals surface area contributed by atoms with Gasteiger partial charge in [-0.3, -0.25) is 0 Å². The van der Waals surface area contributed by atoms with E-state index in [2.05, 4.69) is 4.98 Å². The molecule has 4 heteroatoms. The van der Waals surface area contributed by atoms with Gasteiger partial charge in [0.1, 0.15) is 11.9 Å². The molecule has 1 aliphatic rings. The van der Waals surface area contributed by atoms with Gasteiger partial charge in [0.2, 0.25) is 0 Å². The third-order valence-electron chi connectivity index (χ3n) is 2.96. The van der Waals surface area contributed by atoms with E-state index in [0.717, 1.165) is 18.4 Å². The van der Waals surface area contributed by atoms with Crippen molar-refractivity contribution in [2.24, 2.45) is 5.92 Å². The Morgan fingerprint density at radius 1 is 1.47 bits per heavy atom. The van der Waals surface area contributed by atoms with E-state index in [0.29, 0.717) is 11.4 Å². The topological polar surface area (TPSA) is 79.4 Å². The van der Waals surface area contributed by atoms with Crippen LogP contribution >= 0.6 is 0 Å². The Morgan fingerprint density at radius 2 is 2.13 bits per heavy atom. The van der Waals surface area contributed by atoms with Gasteiger partial charge in [0, 0.05) is 11.8 Å². The van der Waals surface area contributed by atoms with Crippen LogP contribution in [-0.4, -0.2) is 21.3 Å². The number of pyridine rings is 1. The lowest BCUT2D eigenvalue weighted by Crippen LogP contribution is -2.22. The summed E-state index contributed by atoms with van der Waals surface area (Å²) in [6.45, 7) is 1.86. The number of aryl methyl sites for hydroxylation is 1. The van der Waals surface area contributed by atoms with E-state index in [1.54, 1.807) is 12.3 Å². The van der Waals surface area contributed by atoms with Crippen molar-refractivity contribution in [1.82, 2.24) is 4.98 Å². The molecule has 1 fully saturated rings. The summed E-state index contributed by atoms with van der Waals surface area (Å²) in [6, 6.07) is 1.79. The first kappa shape index (κ1) is 10.4. The van der Waals surface area contributed by atoms with Crippen molar-refractivity contribution in [2.45, 2.75) is 32.0 Å². The molecule has 4 nitrogen and oxygen atoms in total. The van der Waals surface area contributed by atoms with Crippen LogP contribution in [0.3, 0.4) is 0 Å². The Labute approximate surface area is 88.8 Å². The number of nitrogens with zero attached hydrogens (tertiary/aromatic N) is 1. The SMILES string of the molecule is Cc1ccnc(N)c1C(O)C(O)C1CC1. The maximum atomic E-state index is 9.99. The fraction of sp³-hybridized carbons (Fsp3) is 0.545. The molecule has 2 atom stereocenters. The summed E-state index contributed by atoms with van der Waals surface area (Å²) in [5.41, 5.74) is 7.14. The molecule has 2 unspecified atom stereocenters. The molecule has 2 rings (SSSR count). The monoisotopic (exact) mass is 208 g/mol. The number of nitrogens with two attached hydrogens (primary N) is 1. The molecule has 0 aromatic carbocycles. The molecule has 0 amide bonds. The van der Waals surface area contributed by atoms with Gasteiger partial charge in [-0.15, -0.1) is 0 Å². The van der Waals surface area contributed by atoms with Crippen LogP contribution in [0.2, 0.25) is 0 Å². The zero-order valence-electron chi connectivity index (χ0n) is 8.72. The molecule has 15 heavy (non-hydrogen) atoms. The molecule has 1 aliphatic carbocycles. The van der Waals surface area contributed by atoms with Gasteiger partial charge >= 0.3 is 0 Å². The maximum absolute atomic E-state index is 9.99. The molecule has 0 saturated heterocycles. The van der Waals surface area contributed by atoms with Gasteiger partial charge in [-0.2, -0.15) is 0 Å². The van der Waals surface area contributed by atoms with Crippen LogP contribution in [0, 0.1) is 12.8 Å². The molecule has 4 N–H and O–H groups in total. The van der Waals surface area contributed by atoms with E-state index in [4.69, 9.17) is 5.73 Å². The maximum Gasteiger partial charge on any atom is 0.129 e. The highest BCUT2D eigenvalue weighted by Gasteiger charge is 2.36. The van der Waals surface area contributed by atoms with Crippen molar-refractivity contribution in [2.75, 3.05) is 5.73 Å². The highest BCUT2D eigenvalue weighted by Crippen LogP contribution is 2.39. The Balaban J connectivity index is 2.27. The Hall–Kier alpha value is -1.13. The number of aliphatic hydroxyl groups is 2. The van der Waals surface area contributed by atoms with Crippen LogP contribution in [0.4, 0.5) is 5.82 Å². The number of rotatable bonds is 3. The van der Waals surface area contributed by atoms with Crippen LogP contribution in [-0.2, 0) is 0 Å². The van der Waals surface area contributed by atoms with E-state index in [1.165, 1.54) is 0 Å². The number of anilines is 1. The molecular formula is C11H16N2O2. The van der Waals surface area contributed by atoms with Crippen LogP contribution in [0.25, 0.3) is 0 Å². The smallest absolute Gasteiger partial charge is 0.129 e. The summed E-state index contributed by atoms with van der Waals surface area (Å²) in [5, 5.41) is 19.8. The van der Waals surface area contributed by atoms with Crippen molar-refractivity contribution in [3.63, 3.8) is 0 Å². The molecule has 1 saturated carbocycles. The van der Waals surface area contributed by atoms with Crippen molar-refractivity contribution in [3.05, 3.63) is 23.4 Å². The number of nitrogen functional groups attached to an aromatic ring is 1. The summed E-state index contributed by atoms with van der Waals surface area (Å²) in [6.07, 6.45) is 1.95. The van der Waals surface area contributed by atoms with Crippen molar-refractivity contribution in [3.8, 4) is 0 Å². The van der Waals surface area contributed by atoms with Crippen LogP contribution < -0.4 is 5.73 Å². The minimum absolute atomic E-state index is 0.221. The Morgan fingerprint density at radius 3 is 2.67 bits per heavy atom. The van der Waals surface area contributed by atoms with Gasteiger partial charge in [-0.25, -0.2) is 4.98 Å². The third-order valence-corrected chi connectivity index (χ3v) is 2.96. The fourth-order valence-corrected chi connectivity index (χ4v) is 1.84. The number of hydrogen-bond acceptors (Lipinski definition) is 4. The average Bonchev–Trinajstić information content (AvgIpc) is 2.99. The lowest BCUT2D eigenvalue weighted by molar-refractivity contribution is 0.00477. The van der Waals surface area contributed by atoms with Crippen LogP contribution in [0.5, 0.6) is 0 Å². The normalized spacial score (nSPS) is 19.9. The second-order valence-electron chi connectivity index (χ2n) is 4.20. The van der Waals surface area contributed by atoms with E-state index >= 15 is 0 Å². The number of hydrogen-bond donors (Lipinski definition) is 3. The zero-order valence-corrected chi connectivity index (χ0v) is 8.72. The molecule has 82 valence electrons. The zero-order chi connectivity index (χ0) is 11.0. The Kier molecular flexibility index (Phi) is 2.63. The predicted octanol–water partition coefficient (Wildman–Crippen LogP) is 0.777. The average molecular weight is 208 g/mol. The first-order valence-corrected chi connectivity index (χ1v) is 5.18. The van der Waals surface area contributed by atoms with Gasteiger partial charge in [-0.05, 0) is 37.3 Å². The van der Waals surface area contributed by atoms with E-state index in [9.17, 15) is 10.2 Å². The highest BCUT2D eigenvalue weighted by atomic mass is 16.3. The van der Waals surface area contributed by atoms with Gasteiger partial charge < -0.3 is 15.9 Å². The molecule has 1 heterocycles. The highest BCUT2D eigenvalue weighted by molar-refractivity contribution is 5.45. The van der Waals surface area contributed by atoms with Gasteiger partial charge in [0.15, 0.2) is 0 Å². The number of aromatic nitrogens is 1. The standard InChI is InChI=1S/C11H16N2O2/c1-6-4-5-13-11(12)8(6)10(15)9(14)7-2-3-7/h4-5,7,9-10,14-15H,2-3H2,1H3,(H2,12,13). The van der Waals surface area contributed by atoms with Crippen LogP contribution in [0.15, 0.2) is 12.3 Å². The predicted molar refractivity (Wildman–Crippen MR) is 57.1 cm³/mol. The van der Waals surface area contributed by atoms with Crippen molar-refractivity contribution < 1.29 is 10.2 Å². The third kappa shape index (κ3) is 1.96. The minimum atomic E-state index is -0.911. The van der Waals surface area contributed by atoms with Gasteiger partial charge in [-0.1, -0.05) is 0 Å². The lowest BCUT2D eigenvalue weighted by Gasteiger charge is -2.20. The van der Waals surface area contributed by atoms with E-state index < -0.39 is 12.2 Å². The molecular weight excluding hydrogens is 192 g/mol. The van der Waals surface area contributed by atoms with E-state index in [1.807, 2.05) is 6.92 Å². The summed E-state index contributed by atoms with van der Waals surface area (Å²) in [4.78, 5) is 3.93. The minimum Gasteiger partial charge on any atom is -0.390 e. The quantitative estimate of drug-likeness (QED) is 0.685. The fourth-order valence-electron chi connectivity index (χ4n) is 1.84. The molecule has 0 bridgehead atoms. The van der Waals surface area contributed by atoms with Crippen LogP contribution in [0.1, 0.15) is 30.1 Å². The summed E-state index contributed by atoms with van der Waals surface area (Å²) in [7, 11) is 0. The van der Waals surface area contributed by atoms with Gasteiger partial charge in [0.05, 0.1) is 6.10 Å². The van der Waals surface area contributed by atoms with E-state index in [-0.39, 0.29) is 5.92 Å². The Bertz CT molecular complexity index is 343. The molecule has 1 aromatic heterocycles.